The van der Waals surface area contributed by atoms with E-state index in [-0.39, 0.29) is 6.04 Å². The molecule has 1 aromatic heterocycles. The highest BCUT2D eigenvalue weighted by Gasteiger charge is 2.04. The highest BCUT2D eigenvalue weighted by atomic mass is 35.5. The van der Waals surface area contributed by atoms with Crippen LogP contribution in [-0.2, 0) is 0 Å². The maximum atomic E-state index is 5.86. The fraction of sp³-hybridized carbons (Fsp3) is 0.200. The Kier molecular flexibility index (Phi) is 2.02. The van der Waals surface area contributed by atoms with Gasteiger partial charge in [-0.1, -0.05) is 11.6 Å². The average Bonchev–Trinajstić information content (AvgIpc) is 2.46. The first-order chi connectivity index (χ1) is 6.16. The van der Waals surface area contributed by atoms with Gasteiger partial charge >= 0.3 is 0 Å². The van der Waals surface area contributed by atoms with Crippen LogP contribution in [0.25, 0.3) is 10.9 Å². The summed E-state index contributed by atoms with van der Waals surface area (Å²) < 4.78 is 0. The number of fused-ring (bicyclic) bond motifs is 1. The fourth-order valence-corrected chi connectivity index (χ4v) is 1.55. The van der Waals surface area contributed by atoms with Crippen molar-refractivity contribution in [1.82, 2.24) is 4.98 Å². The predicted octanol–water partition coefficient (Wildman–Crippen LogP) is 2.84. The molecular formula is C10H11ClN2. The Morgan fingerprint density at radius 3 is 2.85 bits per heavy atom. The van der Waals surface area contributed by atoms with E-state index in [2.05, 4.69) is 4.98 Å². The number of nitrogens with one attached hydrogen (secondary N) is 1. The van der Waals surface area contributed by atoms with E-state index in [1.165, 1.54) is 0 Å². The molecule has 0 aliphatic carbocycles. The lowest BCUT2D eigenvalue weighted by atomic mass is 10.2. The van der Waals surface area contributed by atoms with Gasteiger partial charge in [0.25, 0.3) is 0 Å². The summed E-state index contributed by atoms with van der Waals surface area (Å²) in [6.07, 6.45) is 0. The Morgan fingerprint density at radius 2 is 2.15 bits per heavy atom. The monoisotopic (exact) mass is 194 g/mol. The van der Waals surface area contributed by atoms with E-state index < -0.39 is 0 Å². The number of hydrogen-bond acceptors (Lipinski definition) is 1. The first-order valence-corrected chi connectivity index (χ1v) is 4.58. The minimum absolute atomic E-state index is 0.0335. The van der Waals surface area contributed by atoms with Gasteiger partial charge in [-0.3, -0.25) is 0 Å². The lowest BCUT2D eigenvalue weighted by molar-refractivity contribution is 0.792. The fourth-order valence-electron chi connectivity index (χ4n) is 1.37. The van der Waals surface area contributed by atoms with Crippen LogP contribution in [0.15, 0.2) is 24.3 Å². The van der Waals surface area contributed by atoms with E-state index in [1.807, 2.05) is 31.2 Å². The molecule has 0 aliphatic rings. The molecule has 2 nitrogen and oxygen atoms in total. The van der Waals surface area contributed by atoms with Crippen molar-refractivity contribution in [3.63, 3.8) is 0 Å². The molecule has 0 saturated carbocycles. The van der Waals surface area contributed by atoms with Gasteiger partial charge in [-0.2, -0.15) is 0 Å². The van der Waals surface area contributed by atoms with Gasteiger partial charge in [0.15, 0.2) is 0 Å². The van der Waals surface area contributed by atoms with E-state index in [4.69, 9.17) is 17.3 Å². The SMILES string of the molecule is C[C@H](N)c1cc2cc(Cl)ccc2[nH]1. The van der Waals surface area contributed by atoms with Gasteiger partial charge in [-0.05, 0) is 31.2 Å². The van der Waals surface area contributed by atoms with E-state index >= 15 is 0 Å². The second-order valence-corrected chi connectivity index (χ2v) is 3.68. The molecule has 1 atom stereocenters. The molecule has 0 bridgehead atoms. The van der Waals surface area contributed by atoms with Crippen LogP contribution >= 0.6 is 11.6 Å². The standard InChI is InChI=1S/C10H11ClN2/c1-6(12)10-5-7-4-8(11)2-3-9(7)13-10/h2-6,13H,12H2,1H3/t6-/m0/s1. The second-order valence-electron chi connectivity index (χ2n) is 3.24. The molecule has 68 valence electrons. The third-order valence-corrected chi connectivity index (χ3v) is 2.33. The zero-order valence-corrected chi connectivity index (χ0v) is 8.10. The van der Waals surface area contributed by atoms with Gasteiger partial charge in [-0.25, -0.2) is 0 Å². The molecule has 2 aromatic rings. The largest absolute Gasteiger partial charge is 0.357 e. The number of benzene rings is 1. The smallest absolute Gasteiger partial charge is 0.0457 e. The zero-order chi connectivity index (χ0) is 9.42. The Hall–Kier alpha value is -0.990. The van der Waals surface area contributed by atoms with Crippen LogP contribution < -0.4 is 5.73 Å². The molecule has 0 amide bonds. The Balaban J connectivity index is 2.62. The number of nitrogens with two attached hydrogens (primary N) is 1. The molecule has 3 N–H and O–H groups in total. The van der Waals surface area contributed by atoms with Crippen LogP contribution in [-0.4, -0.2) is 4.98 Å². The summed E-state index contributed by atoms with van der Waals surface area (Å²) in [7, 11) is 0. The average molecular weight is 195 g/mol. The molecule has 13 heavy (non-hydrogen) atoms. The Morgan fingerprint density at radius 1 is 1.38 bits per heavy atom. The third kappa shape index (κ3) is 1.55. The molecule has 1 aromatic carbocycles. The molecule has 0 unspecified atom stereocenters. The van der Waals surface area contributed by atoms with Crippen molar-refractivity contribution in [1.29, 1.82) is 0 Å². The predicted molar refractivity (Wildman–Crippen MR) is 55.9 cm³/mol. The number of hydrogen-bond donors (Lipinski definition) is 2. The normalized spacial score (nSPS) is 13.5. The first kappa shape index (κ1) is 8.60. The molecule has 1 heterocycles. The molecule has 0 saturated heterocycles. The summed E-state index contributed by atoms with van der Waals surface area (Å²) in [6.45, 7) is 1.95. The second kappa shape index (κ2) is 3.05. The van der Waals surface area contributed by atoms with E-state index in [9.17, 15) is 0 Å². The maximum Gasteiger partial charge on any atom is 0.0457 e. The summed E-state index contributed by atoms with van der Waals surface area (Å²) >= 11 is 5.86. The minimum atomic E-state index is 0.0335. The number of H-pyrrole nitrogens is 1. The van der Waals surface area contributed by atoms with Crippen LogP contribution in [0.5, 0.6) is 0 Å². The quantitative estimate of drug-likeness (QED) is 0.720. The van der Waals surface area contributed by atoms with Crippen molar-refractivity contribution in [2.45, 2.75) is 13.0 Å². The lowest BCUT2D eigenvalue weighted by Gasteiger charge is -1.98. The van der Waals surface area contributed by atoms with Crippen molar-refractivity contribution < 1.29 is 0 Å². The van der Waals surface area contributed by atoms with Crippen LogP contribution in [0, 0.1) is 0 Å². The Labute approximate surface area is 81.7 Å². The molecule has 0 spiro atoms. The number of aromatic nitrogens is 1. The molecular weight excluding hydrogens is 184 g/mol. The van der Waals surface area contributed by atoms with Crippen molar-refractivity contribution >= 4 is 22.5 Å². The summed E-state index contributed by atoms with van der Waals surface area (Å²) in [5.41, 5.74) is 7.87. The van der Waals surface area contributed by atoms with E-state index in [0.29, 0.717) is 0 Å². The van der Waals surface area contributed by atoms with Crippen LogP contribution in [0.1, 0.15) is 18.7 Å². The molecule has 3 heteroatoms. The number of rotatable bonds is 1. The van der Waals surface area contributed by atoms with E-state index in [1.54, 1.807) is 0 Å². The summed E-state index contributed by atoms with van der Waals surface area (Å²) in [5, 5.41) is 1.86. The van der Waals surface area contributed by atoms with Gasteiger partial charge in [0.1, 0.15) is 0 Å². The number of aromatic amines is 1. The Bertz CT molecular complexity index is 431. The van der Waals surface area contributed by atoms with Gasteiger partial charge in [0.2, 0.25) is 0 Å². The molecule has 0 fully saturated rings. The van der Waals surface area contributed by atoms with Crippen molar-refractivity contribution in [2.75, 3.05) is 0 Å². The number of halogens is 1. The van der Waals surface area contributed by atoms with Crippen molar-refractivity contribution in [3.05, 3.63) is 35.0 Å². The summed E-state index contributed by atoms with van der Waals surface area (Å²) in [5.74, 6) is 0. The lowest BCUT2D eigenvalue weighted by Crippen LogP contribution is -2.04. The molecule has 2 rings (SSSR count). The van der Waals surface area contributed by atoms with Gasteiger partial charge in [-0.15, -0.1) is 0 Å². The van der Waals surface area contributed by atoms with Gasteiger partial charge < -0.3 is 10.7 Å². The summed E-state index contributed by atoms with van der Waals surface area (Å²) in [4.78, 5) is 3.24. The molecule has 0 aliphatic heterocycles. The first-order valence-electron chi connectivity index (χ1n) is 4.20. The van der Waals surface area contributed by atoms with Crippen molar-refractivity contribution in [2.24, 2.45) is 5.73 Å². The van der Waals surface area contributed by atoms with Crippen LogP contribution in [0.4, 0.5) is 0 Å². The topological polar surface area (TPSA) is 41.8 Å². The van der Waals surface area contributed by atoms with E-state index in [0.717, 1.165) is 21.6 Å². The highest BCUT2D eigenvalue weighted by molar-refractivity contribution is 6.31. The molecule has 0 radical (unpaired) electrons. The third-order valence-electron chi connectivity index (χ3n) is 2.09. The van der Waals surface area contributed by atoms with Crippen molar-refractivity contribution in [3.8, 4) is 0 Å². The van der Waals surface area contributed by atoms with Gasteiger partial charge in [0, 0.05) is 27.7 Å². The highest BCUT2D eigenvalue weighted by Crippen LogP contribution is 2.21. The minimum Gasteiger partial charge on any atom is -0.357 e. The van der Waals surface area contributed by atoms with Crippen LogP contribution in [0.3, 0.4) is 0 Å². The van der Waals surface area contributed by atoms with Gasteiger partial charge in [0.05, 0.1) is 0 Å². The maximum absolute atomic E-state index is 5.86. The zero-order valence-electron chi connectivity index (χ0n) is 7.34. The van der Waals surface area contributed by atoms with Crippen LogP contribution in [0.2, 0.25) is 5.02 Å². The summed E-state index contributed by atoms with van der Waals surface area (Å²) in [6, 6.07) is 7.83.